The monoisotopic (exact) mass is 183 g/mol. The normalized spacial score (nSPS) is 24.0. The van der Waals surface area contributed by atoms with Crippen LogP contribution in [0.5, 0.6) is 0 Å². The van der Waals surface area contributed by atoms with E-state index in [9.17, 15) is 0 Å². The van der Waals surface area contributed by atoms with E-state index in [0.29, 0.717) is 5.84 Å². The van der Waals surface area contributed by atoms with E-state index in [1.54, 1.807) is 6.08 Å². The molecule has 13 heavy (non-hydrogen) atoms. The van der Waals surface area contributed by atoms with Crippen LogP contribution >= 0.6 is 0 Å². The summed E-state index contributed by atoms with van der Waals surface area (Å²) in [7, 11) is 0. The summed E-state index contributed by atoms with van der Waals surface area (Å²) in [6.07, 6.45) is 3.61. The first-order chi connectivity index (χ1) is 6.36. The zero-order valence-electron chi connectivity index (χ0n) is 7.31. The lowest BCUT2D eigenvalue weighted by atomic mass is 10.5. The molecule has 1 fully saturated rings. The molecule has 6 heteroatoms. The van der Waals surface area contributed by atoms with Crippen LogP contribution in [0.4, 0.5) is 0 Å². The molecule has 0 atom stereocenters. The predicted molar refractivity (Wildman–Crippen MR) is 48.1 cm³/mol. The SMILES string of the molecule is NC1=NNN(N2CCOCC2)C=C1. The topological polar surface area (TPSA) is 66.1 Å². The molecule has 0 amide bonds. The minimum Gasteiger partial charge on any atom is -0.382 e. The van der Waals surface area contributed by atoms with Gasteiger partial charge in [-0.2, -0.15) is 5.01 Å². The standard InChI is InChI=1S/C7H13N5O/c8-7-1-2-12(10-9-7)11-3-5-13-6-4-11/h1-2,10H,3-6H2,(H2,8,9). The number of hydrogen-bond donors (Lipinski definition) is 2. The third kappa shape index (κ3) is 1.90. The Morgan fingerprint density at radius 2 is 2.23 bits per heavy atom. The summed E-state index contributed by atoms with van der Waals surface area (Å²) in [5.41, 5.74) is 8.28. The third-order valence-corrected chi connectivity index (χ3v) is 1.96. The number of morpholine rings is 1. The number of hydrazone groups is 1. The van der Waals surface area contributed by atoms with Crippen molar-refractivity contribution in [2.24, 2.45) is 10.8 Å². The van der Waals surface area contributed by atoms with E-state index in [4.69, 9.17) is 10.5 Å². The molecule has 1 saturated heterocycles. The summed E-state index contributed by atoms with van der Waals surface area (Å²) < 4.78 is 5.23. The number of hydrazine groups is 2. The molecule has 6 nitrogen and oxygen atoms in total. The van der Waals surface area contributed by atoms with E-state index in [1.807, 2.05) is 11.3 Å². The fourth-order valence-corrected chi connectivity index (χ4v) is 1.25. The van der Waals surface area contributed by atoms with Gasteiger partial charge in [0, 0.05) is 25.4 Å². The molecule has 3 N–H and O–H groups in total. The quantitative estimate of drug-likeness (QED) is 0.537. The average molecular weight is 183 g/mol. The molecule has 0 radical (unpaired) electrons. The van der Waals surface area contributed by atoms with Gasteiger partial charge in [-0.1, -0.05) is 0 Å². The van der Waals surface area contributed by atoms with Gasteiger partial charge in [0.05, 0.1) is 13.2 Å². The summed E-state index contributed by atoms with van der Waals surface area (Å²) in [5, 5.41) is 7.81. The maximum Gasteiger partial charge on any atom is 0.146 e. The fraction of sp³-hybridized carbons (Fsp3) is 0.571. The third-order valence-electron chi connectivity index (χ3n) is 1.96. The largest absolute Gasteiger partial charge is 0.382 e. The van der Waals surface area contributed by atoms with Gasteiger partial charge in [0.15, 0.2) is 0 Å². The van der Waals surface area contributed by atoms with Gasteiger partial charge in [-0.3, -0.25) is 0 Å². The number of rotatable bonds is 1. The second-order valence-electron chi connectivity index (χ2n) is 2.86. The summed E-state index contributed by atoms with van der Waals surface area (Å²) in [4.78, 5) is 0. The summed E-state index contributed by atoms with van der Waals surface area (Å²) in [6, 6.07) is 0. The van der Waals surface area contributed by atoms with Crippen LogP contribution in [-0.4, -0.2) is 42.3 Å². The molecular formula is C7H13N5O. The second kappa shape index (κ2) is 3.63. The Labute approximate surface area is 76.6 Å². The van der Waals surface area contributed by atoms with Crippen molar-refractivity contribution in [1.29, 1.82) is 0 Å². The lowest BCUT2D eigenvalue weighted by molar-refractivity contribution is -0.0894. The van der Waals surface area contributed by atoms with E-state index in [1.165, 1.54) is 0 Å². The molecular weight excluding hydrogens is 170 g/mol. The van der Waals surface area contributed by atoms with Crippen molar-refractivity contribution in [3.8, 4) is 0 Å². The molecule has 0 aromatic heterocycles. The minimum atomic E-state index is 0.490. The van der Waals surface area contributed by atoms with Crippen LogP contribution in [0.2, 0.25) is 0 Å². The number of nitrogens with two attached hydrogens (primary N) is 1. The van der Waals surface area contributed by atoms with E-state index >= 15 is 0 Å². The zero-order chi connectivity index (χ0) is 9.10. The van der Waals surface area contributed by atoms with Gasteiger partial charge >= 0.3 is 0 Å². The first-order valence-corrected chi connectivity index (χ1v) is 4.25. The van der Waals surface area contributed by atoms with Crippen molar-refractivity contribution in [3.05, 3.63) is 12.3 Å². The van der Waals surface area contributed by atoms with Crippen LogP contribution in [0.15, 0.2) is 17.4 Å². The van der Waals surface area contributed by atoms with Crippen LogP contribution < -0.4 is 11.3 Å². The highest BCUT2D eigenvalue weighted by Gasteiger charge is 2.16. The van der Waals surface area contributed by atoms with Crippen LogP contribution in [-0.2, 0) is 4.74 Å². The smallest absolute Gasteiger partial charge is 0.146 e. The van der Waals surface area contributed by atoms with Gasteiger partial charge in [-0.05, 0) is 0 Å². The predicted octanol–water partition coefficient (Wildman–Crippen LogP) is -1.16. The maximum absolute atomic E-state index is 5.46. The van der Waals surface area contributed by atoms with Crippen molar-refractivity contribution >= 4 is 5.84 Å². The van der Waals surface area contributed by atoms with E-state index in [-0.39, 0.29) is 0 Å². The molecule has 0 bridgehead atoms. The van der Waals surface area contributed by atoms with Crippen molar-refractivity contribution in [1.82, 2.24) is 15.7 Å². The Morgan fingerprint density at radius 3 is 2.85 bits per heavy atom. The molecule has 2 aliphatic rings. The molecule has 0 spiro atoms. The van der Waals surface area contributed by atoms with Gasteiger partial charge in [0.1, 0.15) is 5.84 Å². The molecule has 0 aromatic carbocycles. The Hall–Kier alpha value is -1.27. The highest BCUT2D eigenvalue weighted by molar-refractivity contribution is 5.91. The van der Waals surface area contributed by atoms with Crippen molar-refractivity contribution < 1.29 is 4.74 Å². The minimum absolute atomic E-state index is 0.490. The Balaban J connectivity index is 1.91. The van der Waals surface area contributed by atoms with Crippen molar-refractivity contribution in [2.75, 3.05) is 26.3 Å². The lowest BCUT2D eigenvalue weighted by Crippen LogP contribution is -2.52. The molecule has 2 aliphatic heterocycles. The van der Waals surface area contributed by atoms with E-state index < -0.39 is 0 Å². The van der Waals surface area contributed by atoms with Crippen LogP contribution in [0.3, 0.4) is 0 Å². The number of hydrogen-bond acceptors (Lipinski definition) is 6. The molecule has 72 valence electrons. The number of amidine groups is 1. The maximum atomic E-state index is 5.46. The van der Waals surface area contributed by atoms with E-state index in [0.717, 1.165) is 26.3 Å². The highest BCUT2D eigenvalue weighted by Crippen LogP contribution is 2.02. The zero-order valence-corrected chi connectivity index (χ0v) is 7.31. The number of nitrogens with one attached hydrogen (secondary N) is 1. The Kier molecular flexibility index (Phi) is 2.33. The molecule has 0 saturated carbocycles. The van der Waals surface area contributed by atoms with Gasteiger partial charge in [0.2, 0.25) is 0 Å². The summed E-state index contributed by atoms with van der Waals surface area (Å²) in [6.45, 7) is 3.25. The van der Waals surface area contributed by atoms with Gasteiger partial charge in [-0.15, -0.1) is 5.10 Å². The molecule has 0 aromatic rings. The van der Waals surface area contributed by atoms with Crippen molar-refractivity contribution in [2.45, 2.75) is 0 Å². The molecule has 2 rings (SSSR count). The molecule has 2 heterocycles. The summed E-state index contributed by atoms with van der Waals surface area (Å²) >= 11 is 0. The number of ether oxygens (including phenoxy) is 1. The second-order valence-corrected chi connectivity index (χ2v) is 2.86. The molecule has 0 unspecified atom stereocenters. The Bertz CT molecular complexity index is 233. The van der Waals surface area contributed by atoms with Crippen LogP contribution in [0.1, 0.15) is 0 Å². The Morgan fingerprint density at radius 1 is 1.46 bits per heavy atom. The first-order valence-electron chi connectivity index (χ1n) is 4.25. The highest BCUT2D eigenvalue weighted by atomic mass is 16.5. The van der Waals surface area contributed by atoms with Gasteiger partial charge < -0.3 is 10.5 Å². The summed E-state index contributed by atoms with van der Waals surface area (Å²) in [5.74, 6) is 0.490. The van der Waals surface area contributed by atoms with Crippen LogP contribution in [0, 0.1) is 0 Å². The fourth-order valence-electron chi connectivity index (χ4n) is 1.25. The number of nitrogens with zero attached hydrogens (tertiary/aromatic N) is 3. The van der Waals surface area contributed by atoms with Gasteiger partial charge in [0.25, 0.3) is 0 Å². The average Bonchev–Trinajstić information content (AvgIpc) is 2.20. The van der Waals surface area contributed by atoms with E-state index in [2.05, 4.69) is 15.6 Å². The van der Waals surface area contributed by atoms with Crippen LogP contribution in [0.25, 0.3) is 0 Å². The van der Waals surface area contributed by atoms with Gasteiger partial charge in [-0.25, -0.2) is 10.7 Å². The first kappa shape index (κ1) is 8.33. The van der Waals surface area contributed by atoms with Crippen molar-refractivity contribution in [3.63, 3.8) is 0 Å². The lowest BCUT2D eigenvalue weighted by Gasteiger charge is -2.36. The molecule has 0 aliphatic carbocycles.